The van der Waals surface area contributed by atoms with Gasteiger partial charge in [0.05, 0.1) is 25.4 Å². The summed E-state index contributed by atoms with van der Waals surface area (Å²) in [5.41, 5.74) is 0. The van der Waals surface area contributed by atoms with Crippen LogP contribution in [0.2, 0.25) is 0 Å². The number of carbonyl (C=O) groups excluding carboxylic acids is 2. The SMILES string of the molecule is CCCCCC/C=C\CCCCCCCC(=O)OCC/C=C\C/C=C\CCCCCCCCCCCCCCCCC(=O)NC(CO)C(O)/C=C/CCCCCCCCCCCCCCCCC. The number of amides is 1. The summed E-state index contributed by atoms with van der Waals surface area (Å²) in [7, 11) is 0. The Kier molecular flexibility index (Phi) is 55.6. The quantitative estimate of drug-likeness (QED) is 0.0321. The highest BCUT2D eigenvalue weighted by atomic mass is 16.5. The second-order valence-electron chi connectivity index (χ2n) is 20.3. The molecule has 6 nitrogen and oxygen atoms in total. The lowest BCUT2D eigenvalue weighted by Crippen LogP contribution is -2.45. The minimum absolute atomic E-state index is 0.0455. The zero-order chi connectivity index (χ0) is 49.3. The molecule has 2 atom stereocenters. The molecule has 3 N–H and O–H groups in total. The summed E-state index contributed by atoms with van der Waals surface area (Å²) in [6, 6.07) is -0.633. The predicted octanol–water partition coefficient (Wildman–Crippen LogP) is 18.6. The van der Waals surface area contributed by atoms with Crippen LogP contribution in [0, 0.1) is 0 Å². The van der Waals surface area contributed by atoms with Crippen molar-refractivity contribution in [2.75, 3.05) is 13.2 Å². The first kappa shape index (κ1) is 65.8. The van der Waals surface area contributed by atoms with Crippen LogP contribution in [-0.4, -0.2) is 47.4 Å². The zero-order valence-electron chi connectivity index (χ0n) is 45.3. The molecule has 0 aromatic heterocycles. The fraction of sp³-hybridized carbons (Fsp3) is 0.839. The number of unbranched alkanes of at least 4 members (excludes halogenated alkanes) is 38. The lowest BCUT2D eigenvalue weighted by atomic mass is 10.0. The molecule has 0 aliphatic carbocycles. The topological polar surface area (TPSA) is 95.9 Å². The molecule has 398 valence electrons. The van der Waals surface area contributed by atoms with E-state index in [2.05, 4.69) is 55.6 Å². The molecule has 2 unspecified atom stereocenters. The maximum Gasteiger partial charge on any atom is 0.305 e. The summed E-state index contributed by atoms with van der Waals surface area (Å²) in [4.78, 5) is 24.5. The van der Waals surface area contributed by atoms with Gasteiger partial charge in [0.1, 0.15) is 0 Å². The van der Waals surface area contributed by atoms with Gasteiger partial charge in [0.15, 0.2) is 0 Å². The lowest BCUT2D eigenvalue weighted by Gasteiger charge is -2.20. The molecule has 0 spiro atoms. The monoisotopic (exact) mass is 954 g/mol. The van der Waals surface area contributed by atoms with E-state index < -0.39 is 12.1 Å². The number of rotatable bonds is 55. The standard InChI is InChI=1S/C62H115NO5/c1-3-5-7-9-11-13-15-17-18-24-27-31-34-38-42-46-50-54-60(65)59(58-64)63-61(66)55-51-47-43-39-35-32-28-25-22-20-19-21-23-26-29-33-37-41-45-49-53-57-68-62(67)56-52-48-44-40-36-30-16-14-12-10-8-6-4-2/h14,16,33,37,45,49-50,54,59-60,64-65H,3-13,15,17-32,34-36,38-44,46-48,51-53,55-58H2,1-2H3,(H,63,66)/b16-14-,37-33-,49-45-,54-50+. The second-order valence-corrected chi connectivity index (χ2v) is 20.3. The van der Waals surface area contributed by atoms with Gasteiger partial charge in [0.2, 0.25) is 5.91 Å². The van der Waals surface area contributed by atoms with Crippen LogP contribution in [0.5, 0.6) is 0 Å². The van der Waals surface area contributed by atoms with Crippen LogP contribution in [0.3, 0.4) is 0 Å². The first-order valence-electron chi connectivity index (χ1n) is 29.9. The van der Waals surface area contributed by atoms with E-state index in [4.69, 9.17) is 4.74 Å². The summed E-state index contributed by atoms with van der Waals surface area (Å²) in [5.74, 6) is -0.117. The highest BCUT2D eigenvalue weighted by Gasteiger charge is 2.18. The maximum absolute atomic E-state index is 12.5. The number of ether oxygens (including phenoxy) is 1. The number of esters is 1. The van der Waals surface area contributed by atoms with E-state index in [-0.39, 0.29) is 18.5 Å². The second kappa shape index (κ2) is 57.4. The van der Waals surface area contributed by atoms with Gasteiger partial charge in [-0.25, -0.2) is 0 Å². The van der Waals surface area contributed by atoms with Crippen LogP contribution in [-0.2, 0) is 14.3 Å². The van der Waals surface area contributed by atoms with Gasteiger partial charge in [0.25, 0.3) is 0 Å². The molecule has 0 aliphatic rings. The molecule has 68 heavy (non-hydrogen) atoms. The van der Waals surface area contributed by atoms with E-state index in [1.54, 1.807) is 6.08 Å². The molecule has 0 bridgehead atoms. The molecule has 0 radical (unpaired) electrons. The van der Waals surface area contributed by atoms with Crippen molar-refractivity contribution in [2.24, 2.45) is 0 Å². The van der Waals surface area contributed by atoms with Crippen molar-refractivity contribution < 1.29 is 24.5 Å². The molecule has 1 amide bonds. The number of hydrogen-bond donors (Lipinski definition) is 3. The Hall–Kier alpha value is -2.18. The molecule has 0 heterocycles. The summed E-state index contributed by atoms with van der Waals surface area (Å²) >= 11 is 0. The van der Waals surface area contributed by atoms with Gasteiger partial charge >= 0.3 is 5.97 Å². The summed E-state index contributed by atoms with van der Waals surface area (Å²) < 4.78 is 5.40. The van der Waals surface area contributed by atoms with Gasteiger partial charge in [-0.2, -0.15) is 0 Å². The van der Waals surface area contributed by atoms with E-state index >= 15 is 0 Å². The molecule has 0 aromatic carbocycles. The van der Waals surface area contributed by atoms with Gasteiger partial charge < -0.3 is 20.3 Å². The summed E-state index contributed by atoms with van der Waals surface area (Å²) in [6.45, 7) is 4.78. The van der Waals surface area contributed by atoms with Crippen molar-refractivity contribution >= 4 is 11.9 Å². The molecule has 0 saturated heterocycles. The average Bonchev–Trinajstić information content (AvgIpc) is 3.34. The summed E-state index contributed by atoms with van der Waals surface area (Å²) in [5, 5.41) is 23.1. The van der Waals surface area contributed by atoms with Gasteiger partial charge in [0, 0.05) is 12.8 Å². The largest absolute Gasteiger partial charge is 0.465 e. The highest BCUT2D eigenvalue weighted by molar-refractivity contribution is 5.76. The van der Waals surface area contributed by atoms with Crippen molar-refractivity contribution in [3.63, 3.8) is 0 Å². The minimum atomic E-state index is -0.849. The third kappa shape index (κ3) is 53.2. The molecule has 0 aromatic rings. The van der Waals surface area contributed by atoms with E-state index in [0.717, 1.165) is 51.4 Å². The van der Waals surface area contributed by atoms with Crippen molar-refractivity contribution in [2.45, 2.75) is 321 Å². The van der Waals surface area contributed by atoms with Gasteiger partial charge in [-0.1, -0.05) is 268 Å². The van der Waals surface area contributed by atoms with Crippen molar-refractivity contribution in [3.8, 4) is 0 Å². The Morgan fingerprint density at radius 2 is 0.735 bits per heavy atom. The maximum atomic E-state index is 12.5. The van der Waals surface area contributed by atoms with Crippen LogP contribution in [0.1, 0.15) is 309 Å². The number of allylic oxidation sites excluding steroid dienone is 6. The Labute approximate surface area is 423 Å². The Balaban J connectivity index is 3.49. The number of nitrogens with one attached hydrogen (secondary N) is 1. The van der Waals surface area contributed by atoms with Crippen LogP contribution in [0.4, 0.5) is 0 Å². The smallest absolute Gasteiger partial charge is 0.305 e. The van der Waals surface area contributed by atoms with Crippen molar-refractivity contribution in [1.29, 1.82) is 0 Å². The highest BCUT2D eigenvalue weighted by Crippen LogP contribution is 2.16. The molecular weight excluding hydrogens is 839 g/mol. The third-order valence-corrected chi connectivity index (χ3v) is 13.6. The van der Waals surface area contributed by atoms with Gasteiger partial charge in [-0.05, 0) is 77.0 Å². The van der Waals surface area contributed by atoms with Crippen molar-refractivity contribution in [3.05, 3.63) is 48.6 Å². The number of carbonyl (C=O) groups is 2. The fourth-order valence-corrected chi connectivity index (χ4v) is 9.00. The van der Waals surface area contributed by atoms with Crippen LogP contribution >= 0.6 is 0 Å². The lowest BCUT2D eigenvalue weighted by molar-refractivity contribution is -0.143. The zero-order valence-corrected chi connectivity index (χ0v) is 45.3. The minimum Gasteiger partial charge on any atom is -0.465 e. The molecule has 0 aliphatic heterocycles. The number of aliphatic hydroxyl groups excluding tert-OH is 2. The van der Waals surface area contributed by atoms with E-state index in [1.165, 1.54) is 231 Å². The molecule has 0 rings (SSSR count). The Morgan fingerprint density at radius 1 is 0.412 bits per heavy atom. The molecule has 0 saturated carbocycles. The normalized spacial score (nSPS) is 12.9. The van der Waals surface area contributed by atoms with Crippen molar-refractivity contribution in [1.82, 2.24) is 5.32 Å². The molecule has 0 fully saturated rings. The van der Waals surface area contributed by atoms with Crippen LogP contribution < -0.4 is 5.32 Å². The Bertz CT molecular complexity index is 1150. The third-order valence-electron chi connectivity index (χ3n) is 13.6. The number of aliphatic hydroxyl groups is 2. The van der Waals surface area contributed by atoms with E-state index in [1.807, 2.05) is 6.08 Å². The molecular formula is C62H115NO5. The van der Waals surface area contributed by atoms with Gasteiger partial charge in [-0.3, -0.25) is 9.59 Å². The average molecular weight is 955 g/mol. The molecule has 6 heteroatoms. The summed E-state index contributed by atoms with van der Waals surface area (Å²) in [6.07, 6.45) is 73.0. The van der Waals surface area contributed by atoms with Crippen LogP contribution in [0.25, 0.3) is 0 Å². The van der Waals surface area contributed by atoms with Gasteiger partial charge in [-0.15, -0.1) is 0 Å². The number of hydrogen-bond acceptors (Lipinski definition) is 5. The predicted molar refractivity (Wildman–Crippen MR) is 296 cm³/mol. The first-order chi connectivity index (χ1) is 33.5. The fourth-order valence-electron chi connectivity index (χ4n) is 9.00. The Morgan fingerprint density at radius 3 is 1.15 bits per heavy atom. The first-order valence-corrected chi connectivity index (χ1v) is 29.9. The van der Waals surface area contributed by atoms with E-state index in [9.17, 15) is 19.8 Å². The van der Waals surface area contributed by atoms with E-state index in [0.29, 0.717) is 19.4 Å². The van der Waals surface area contributed by atoms with Crippen LogP contribution in [0.15, 0.2) is 48.6 Å².